The largest absolute Gasteiger partial charge is 0.497 e. The van der Waals surface area contributed by atoms with E-state index in [1.807, 2.05) is 24.3 Å². The van der Waals surface area contributed by atoms with Crippen LogP contribution in [0.4, 0.5) is 4.79 Å². The first-order valence-electron chi connectivity index (χ1n) is 5.85. The molecule has 1 aromatic carbocycles. The molecule has 1 aromatic rings. The number of imide groups is 1. The maximum atomic E-state index is 11.7. The van der Waals surface area contributed by atoms with Crippen molar-refractivity contribution in [3.8, 4) is 5.75 Å². The number of ether oxygens (including phenoxy) is 1. The molecule has 0 atom stereocenters. The maximum absolute atomic E-state index is 11.7. The summed E-state index contributed by atoms with van der Waals surface area (Å²) in [4.78, 5) is 25.8. The number of rotatable bonds is 4. The maximum Gasteiger partial charge on any atom is 0.325 e. The van der Waals surface area contributed by atoms with E-state index >= 15 is 0 Å². The Morgan fingerprint density at radius 3 is 2.68 bits per heavy atom. The fourth-order valence-corrected chi connectivity index (χ4v) is 2.84. The predicted octanol–water partition coefficient (Wildman–Crippen LogP) is 2.08. The molecule has 3 amide bonds. The quantitative estimate of drug-likeness (QED) is 0.677. The van der Waals surface area contributed by atoms with Crippen molar-refractivity contribution in [2.24, 2.45) is 0 Å². The minimum Gasteiger partial charge on any atom is -0.497 e. The summed E-state index contributed by atoms with van der Waals surface area (Å²) >= 11 is 1.49. The van der Waals surface area contributed by atoms with E-state index in [0.29, 0.717) is 5.88 Å². The molecule has 0 bridgehead atoms. The molecule has 0 spiro atoms. The van der Waals surface area contributed by atoms with Crippen LogP contribution in [0, 0.1) is 0 Å². The van der Waals surface area contributed by atoms with Crippen molar-refractivity contribution in [1.82, 2.24) is 10.2 Å². The number of benzene rings is 1. The fraction of sp³-hybridized carbons (Fsp3) is 0.385. The summed E-state index contributed by atoms with van der Waals surface area (Å²) in [5.74, 6) is 0.924. The second-order valence-electron chi connectivity index (χ2n) is 4.70. The highest BCUT2D eigenvalue weighted by Crippen LogP contribution is 2.28. The first-order chi connectivity index (χ1) is 8.95. The summed E-state index contributed by atoms with van der Waals surface area (Å²) in [6, 6.07) is 7.25. The molecular weight excluding hydrogens is 264 g/mol. The van der Waals surface area contributed by atoms with Gasteiger partial charge in [0.05, 0.1) is 13.0 Å². The Morgan fingerprint density at radius 1 is 1.37 bits per heavy atom. The van der Waals surface area contributed by atoms with E-state index in [0.717, 1.165) is 10.6 Å². The Kier molecular flexibility index (Phi) is 3.71. The van der Waals surface area contributed by atoms with Crippen molar-refractivity contribution in [2.45, 2.75) is 24.3 Å². The third-order valence-corrected chi connectivity index (χ3v) is 4.07. The molecule has 1 fully saturated rings. The molecule has 0 aromatic heterocycles. The fourth-order valence-electron chi connectivity index (χ4n) is 1.74. The molecule has 1 aliphatic rings. The van der Waals surface area contributed by atoms with E-state index in [4.69, 9.17) is 4.74 Å². The van der Waals surface area contributed by atoms with Gasteiger partial charge >= 0.3 is 6.03 Å². The van der Waals surface area contributed by atoms with Crippen LogP contribution in [0.15, 0.2) is 29.2 Å². The lowest BCUT2D eigenvalue weighted by molar-refractivity contribution is -0.124. The van der Waals surface area contributed by atoms with Gasteiger partial charge in [0.25, 0.3) is 5.91 Å². The van der Waals surface area contributed by atoms with E-state index in [1.165, 1.54) is 16.7 Å². The number of hydrogen-bond acceptors (Lipinski definition) is 4. The number of amides is 3. The number of thioether (sulfide) groups is 1. The zero-order valence-corrected chi connectivity index (χ0v) is 11.9. The van der Waals surface area contributed by atoms with Gasteiger partial charge in [0.1, 0.15) is 11.3 Å². The number of nitrogens with one attached hydrogen (secondary N) is 1. The number of carbonyl (C=O) groups is 2. The van der Waals surface area contributed by atoms with Crippen molar-refractivity contribution < 1.29 is 14.3 Å². The third-order valence-electron chi connectivity index (χ3n) is 3.10. The van der Waals surface area contributed by atoms with Crippen LogP contribution in [0.1, 0.15) is 13.8 Å². The Hall–Kier alpha value is -1.69. The predicted molar refractivity (Wildman–Crippen MR) is 73.2 cm³/mol. The molecule has 0 radical (unpaired) electrons. The normalized spacial score (nSPS) is 17.5. The molecule has 2 rings (SSSR count). The highest BCUT2D eigenvalue weighted by atomic mass is 32.2. The average Bonchev–Trinajstić information content (AvgIpc) is 2.57. The Morgan fingerprint density at radius 2 is 2.11 bits per heavy atom. The highest BCUT2D eigenvalue weighted by molar-refractivity contribution is 7.99. The molecule has 102 valence electrons. The van der Waals surface area contributed by atoms with Crippen LogP contribution in [0.2, 0.25) is 0 Å². The smallest absolute Gasteiger partial charge is 0.325 e. The van der Waals surface area contributed by atoms with E-state index in [1.54, 1.807) is 21.0 Å². The molecule has 1 aliphatic heterocycles. The second kappa shape index (κ2) is 5.13. The van der Waals surface area contributed by atoms with Crippen LogP contribution in [-0.2, 0) is 4.79 Å². The van der Waals surface area contributed by atoms with Gasteiger partial charge < -0.3 is 9.64 Å². The minimum absolute atomic E-state index is 0.260. The van der Waals surface area contributed by atoms with E-state index < -0.39 is 5.54 Å². The lowest BCUT2D eigenvalue weighted by Crippen LogP contribution is -2.43. The van der Waals surface area contributed by atoms with Gasteiger partial charge in [0.2, 0.25) is 0 Å². The number of methoxy groups -OCH3 is 1. The Balaban J connectivity index is 2.06. The van der Waals surface area contributed by atoms with Gasteiger partial charge in [-0.3, -0.25) is 10.1 Å². The molecular formula is C13H16N2O3S. The SMILES string of the molecule is COc1cccc(SCN2C(=O)NC(=O)C2(C)C)c1. The van der Waals surface area contributed by atoms with Crippen LogP contribution in [0.25, 0.3) is 0 Å². The monoisotopic (exact) mass is 280 g/mol. The van der Waals surface area contributed by atoms with Crippen LogP contribution in [0.3, 0.4) is 0 Å². The van der Waals surface area contributed by atoms with Gasteiger partial charge in [-0.1, -0.05) is 6.07 Å². The first kappa shape index (κ1) is 13.7. The summed E-state index contributed by atoms with van der Waals surface area (Å²) in [5.41, 5.74) is -0.803. The van der Waals surface area contributed by atoms with Gasteiger partial charge in [-0.2, -0.15) is 0 Å². The molecule has 19 heavy (non-hydrogen) atoms. The van der Waals surface area contributed by atoms with Gasteiger partial charge in [-0.15, -0.1) is 11.8 Å². The summed E-state index contributed by atoms with van der Waals surface area (Å²) < 4.78 is 5.15. The Labute approximate surface area is 116 Å². The molecule has 0 unspecified atom stereocenters. The van der Waals surface area contributed by atoms with E-state index in [9.17, 15) is 9.59 Å². The minimum atomic E-state index is -0.803. The van der Waals surface area contributed by atoms with Crippen LogP contribution < -0.4 is 10.1 Å². The van der Waals surface area contributed by atoms with Crippen LogP contribution in [0.5, 0.6) is 5.75 Å². The Bertz CT molecular complexity index is 516. The zero-order chi connectivity index (χ0) is 14.0. The molecule has 1 heterocycles. The highest BCUT2D eigenvalue weighted by Gasteiger charge is 2.45. The number of nitrogens with zero attached hydrogens (tertiary/aromatic N) is 1. The van der Waals surface area contributed by atoms with Crippen LogP contribution in [-0.4, -0.2) is 35.4 Å². The zero-order valence-electron chi connectivity index (χ0n) is 11.1. The topological polar surface area (TPSA) is 58.6 Å². The summed E-state index contributed by atoms with van der Waals surface area (Å²) in [6.07, 6.45) is 0. The van der Waals surface area contributed by atoms with E-state index in [-0.39, 0.29) is 11.9 Å². The lowest BCUT2D eigenvalue weighted by atomic mass is 10.1. The van der Waals surface area contributed by atoms with E-state index in [2.05, 4.69) is 5.32 Å². The standard InChI is InChI=1S/C13H16N2O3S/c1-13(2)11(16)14-12(17)15(13)8-19-10-6-4-5-9(7-10)18-3/h4-7H,8H2,1-3H3,(H,14,16,17). The number of hydrogen-bond donors (Lipinski definition) is 1. The summed E-state index contributed by atoms with van der Waals surface area (Å²) in [6.45, 7) is 3.47. The molecule has 0 saturated carbocycles. The molecule has 1 saturated heterocycles. The van der Waals surface area contributed by atoms with Crippen molar-refractivity contribution in [2.75, 3.05) is 13.0 Å². The summed E-state index contributed by atoms with van der Waals surface area (Å²) in [5, 5.41) is 2.33. The van der Waals surface area contributed by atoms with Crippen molar-refractivity contribution in [1.29, 1.82) is 0 Å². The van der Waals surface area contributed by atoms with Crippen molar-refractivity contribution in [3.63, 3.8) is 0 Å². The van der Waals surface area contributed by atoms with Crippen molar-refractivity contribution >= 4 is 23.7 Å². The average molecular weight is 280 g/mol. The first-order valence-corrected chi connectivity index (χ1v) is 6.83. The molecule has 1 N–H and O–H groups in total. The molecule has 0 aliphatic carbocycles. The number of urea groups is 1. The van der Waals surface area contributed by atoms with Crippen LogP contribution >= 0.6 is 11.8 Å². The van der Waals surface area contributed by atoms with Crippen molar-refractivity contribution in [3.05, 3.63) is 24.3 Å². The number of carbonyl (C=O) groups excluding carboxylic acids is 2. The van der Waals surface area contributed by atoms with Gasteiger partial charge in [0.15, 0.2) is 0 Å². The van der Waals surface area contributed by atoms with Gasteiger partial charge in [0, 0.05) is 4.90 Å². The third kappa shape index (κ3) is 2.68. The van der Waals surface area contributed by atoms with Gasteiger partial charge in [-0.05, 0) is 32.0 Å². The second-order valence-corrected chi connectivity index (χ2v) is 5.72. The molecule has 5 nitrogen and oxygen atoms in total. The van der Waals surface area contributed by atoms with Gasteiger partial charge in [-0.25, -0.2) is 4.79 Å². The molecule has 6 heteroatoms. The lowest BCUT2D eigenvalue weighted by Gasteiger charge is -2.27. The summed E-state index contributed by atoms with van der Waals surface area (Å²) in [7, 11) is 1.61.